The molecule has 0 aromatic heterocycles. The minimum absolute atomic E-state index is 0.0256. The van der Waals surface area contributed by atoms with Crippen molar-refractivity contribution >= 4 is 33.4 Å². The molecule has 2 N–H and O–H groups in total. The van der Waals surface area contributed by atoms with Crippen LogP contribution in [0.3, 0.4) is 0 Å². The number of carbonyl (C=O) groups is 2. The Kier molecular flexibility index (Phi) is 13.7. The quantitative estimate of drug-likeness (QED) is 0.296. The summed E-state index contributed by atoms with van der Waals surface area (Å²) in [4.78, 5) is 33.7. The van der Waals surface area contributed by atoms with Crippen LogP contribution in [0, 0.1) is 5.92 Å². The Morgan fingerprint density at radius 1 is 1.00 bits per heavy atom. The normalized spacial score (nSPS) is 12.5. The van der Waals surface area contributed by atoms with Gasteiger partial charge in [-0.2, -0.15) is 0 Å². The molecule has 0 radical (unpaired) electrons. The van der Waals surface area contributed by atoms with Gasteiger partial charge in [0.25, 0.3) is 0 Å². The number of amides is 2. The highest BCUT2D eigenvalue weighted by Crippen LogP contribution is 2.26. The molecule has 1 atom stereocenters. The van der Waals surface area contributed by atoms with Gasteiger partial charge in [-0.15, -0.1) is 0 Å². The lowest BCUT2D eigenvalue weighted by atomic mass is 10.1. The number of nitrogens with one attached hydrogen (secondary N) is 2. The van der Waals surface area contributed by atoms with Gasteiger partial charge in [0.15, 0.2) is 0 Å². The Hall–Kier alpha value is -0.440. The molecule has 0 aliphatic heterocycles. The van der Waals surface area contributed by atoms with Crippen molar-refractivity contribution in [1.82, 2.24) is 11.0 Å². The minimum Gasteiger partial charge on any atom is -0.273 e. The molecule has 0 aliphatic rings. The maximum absolute atomic E-state index is 12.0. The first kappa shape index (κ1) is 22.6. The summed E-state index contributed by atoms with van der Waals surface area (Å²) in [7, 11) is 3.20. The highest BCUT2D eigenvalue weighted by atomic mass is 33.1. The SMILES string of the molecule is CCCC(CSSCCC(=O)NOC(C)C)C(=O)NOC(C)C. The summed E-state index contributed by atoms with van der Waals surface area (Å²) in [5.41, 5.74) is 4.92. The minimum atomic E-state index is -0.125. The third-order valence-electron chi connectivity index (χ3n) is 2.58. The van der Waals surface area contributed by atoms with E-state index >= 15 is 0 Å². The highest BCUT2D eigenvalue weighted by Gasteiger charge is 2.18. The number of hydrogen-bond donors (Lipinski definition) is 2. The summed E-state index contributed by atoms with van der Waals surface area (Å²) in [5.74, 6) is 1.11. The molecule has 0 aliphatic carbocycles. The summed E-state index contributed by atoms with van der Waals surface area (Å²) in [6, 6.07) is 0. The van der Waals surface area contributed by atoms with Crippen molar-refractivity contribution in [1.29, 1.82) is 0 Å². The van der Waals surface area contributed by atoms with Crippen LogP contribution in [0.25, 0.3) is 0 Å². The van der Waals surface area contributed by atoms with Gasteiger partial charge < -0.3 is 0 Å². The van der Waals surface area contributed by atoms with Crippen LogP contribution in [-0.4, -0.2) is 35.5 Å². The van der Waals surface area contributed by atoms with Crippen molar-refractivity contribution in [3.05, 3.63) is 0 Å². The van der Waals surface area contributed by atoms with Crippen molar-refractivity contribution in [3.8, 4) is 0 Å². The van der Waals surface area contributed by atoms with Gasteiger partial charge in [0.05, 0.1) is 12.2 Å². The van der Waals surface area contributed by atoms with E-state index in [1.807, 2.05) is 27.7 Å². The summed E-state index contributed by atoms with van der Waals surface area (Å²) in [6.07, 6.45) is 2.10. The first-order chi connectivity index (χ1) is 10.9. The fourth-order valence-electron chi connectivity index (χ4n) is 1.46. The molecule has 0 aromatic rings. The van der Waals surface area contributed by atoms with Crippen molar-refractivity contribution in [2.75, 3.05) is 11.5 Å². The van der Waals surface area contributed by atoms with Gasteiger partial charge in [-0.1, -0.05) is 34.9 Å². The van der Waals surface area contributed by atoms with Crippen molar-refractivity contribution in [2.45, 2.75) is 66.1 Å². The lowest BCUT2D eigenvalue weighted by molar-refractivity contribution is -0.140. The fraction of sp³-hybridized carbons (Fsp3) is 0.867. The molecule has 6 nitrogen and oxygen atoms in total. The van der Waals surface area contributed by atoms with E-state index in [4.69, 9.17) is 9.68 Å². The van der Waals surface area contributed by atoms with E-state index in [-0.39, 0.29) is 29.9 Å². The molecule has 0 saturated carbocycles. The summed E-state index contributed by atoms with van der Waals surface area (Å²) in [6.45, 7) is 9.50. The van der Waals surface area contributed by atoms with Crippen LogP contribution in [0.2, 0.25) is 0 Å². The standard InChI is InChI=1S/C15H30N2O4S2/c1-6-7-13(15(19)17-21-12(4)5)10-23-22-9-8-14(18)16-20-11(2)3/h11-13H,6-10H2,1-5H3,(H,16,18)(H,17,19). The molecule has 0 rings (SSSR count). The van der Waals surface area contributed by atoms with Crippen LogP contribution in [0.4, 0.5) is 0 Å². The molecule has 0 saturated heterocycles. The van der Waals surface area contributed by atoms with Crippen LogP contribution < -0.4 is 11.0 Å². The molecular weight excluding hydrogens is 336 g/mol. The van der Waals surface area contributed by atoms with E-state index in [9.17, 15) is 9.59 Å². The van der Waals surface area contributed by atoms with Crippen molar-refractivity contribution in [2.24, 2.45) is 5.92 Å². The zero-order valence-corrected chi connectivity index (χ0v) is 16.4. The maximum atomic E-state index is 12.0. The third kappa shape index (κ3) is 13.7. The Bertz CT molecular complexity index is 341. The summed E-state index contributed by atoms with van der Waals surface area (Å²) >= 11 is 0. The molecular formula is C15H30N2O4S2. The predicted octanol–water partition coefficient (Wildman–Crippen LogP) is 3.09. The number of rotatable bonds is 13. The van der Waals surface area contributed by atoms with E-state index < -0.39 is 0 Å². The molecule has 1 unspecified atom stereocenters. The summed E-state index contributed by atoms with van der Waals surface area (Å²) in [5, 5.41) is 0. The van der Waals surface area contributed by atoms with Gasteiger partial charge in [0.2, 0.25) is 11.8 Å². The molecule has 23 heavy (non-hydrogen) atoms. The zero-order valence-electron chi connectivity index (χ0n) is 14.7. The Labute approximate surface area is 147 Å². The molecule has 0 fully saturated rings. The number of hydrogen-bond acceptors (Lipinski definition) is 6. The van der Waals surface area contributed by atoms with Gasteiger partial charge in [-0.05, 0) is 34.1 Å². The van der Waals surface area contributed by atoms with Gasteiger partial charge in [-0.25, -0.2) is 11.0 Å². The number of carbonyl (C=O) groups excluding carboxylic acids is 2. The van der Waals surface area contributed by atoms with Gasteiger partial charge in [-0.3, -0.25) is 19.3 Å². The van der Waals surface area contributed by atoms with E-state index in [0.717, 1.165) is 12.8 Å². The molecule has 8 heteroatoms. The van der Waals surface area contributed by atoms with Crippen LogP contribution in [0.5, 0.6) is 0 Å². The molecule has 2 amide bonds. The maximum Gasteiger partial charge on any atom is 0.247 e. The smallest absolute Gasteiger partial charge is 0.247 e. The van der Waals surface area contributed by atoms with E-state index in [1.54, 1.807) is 21.6 Å². The molecule has 0 heterocycles. The van der Waals surface area contributed by atoms with Crippen LogP contribution in [0.15, 0.2) is 0 Å². The second kappa shape index (κ2) is 13.9. The monoisotopic (exact) mass is 366 g/mol. The van der Waals surface area contributed by atoms with Crippen molar-refractivity contribution in [3.63, 3.8) is 0 Å². The average Bonchev–Trinajstić information content (AvgIpc) is 2.49. The first-order valence-corrected chi connectivity index (χ1v) is 10.5. The van der Waals surface area contributed by atoms with E-state index in [1.165, 1.54) is 0 Å². The fourth-order valence-corrected chi connectivity index (χ4v) is 3.81. The molecule has 0 bridgehead atoms. The van der Waals surface area contributed by atoms with Crippen molar-refractivity contribution < 1.29 is 19.3 Å². The molecule has 0 aromatic carbocycles. The van der Waals surface area contributed by atoms with Gasteiger partial charge in [0.1, 0.15) is 0 Å². The van der Waals surface area contributed by atoms with Crippen LogP contribution >= 0.6 is 21.6 Å². The second-order valence-electron chi connectivity index (χ2n) is 5.67. The highest BCUT2D eigenvalue weighted by molar-refractivity contribution is 8.76. The van der Waals surface area contributed by atoms with E-state index in [0.29, 0.717) is 17.9 Å². The van der Waals surface area contributed by atoms with Gasteiger partial charge >= 0.3 is 0 Å². The summed E-state index contributed by atoms with van der Waals surface area (Å²) < 4.78 is 0. The molecule has 136 valence electrons. The van der Waals surface area contributed by atoms with Crippen LogP contribution in [-0.2, 0) is 19.3 Å². The lowest BCUT2D eigenvalue weighted by Crippen LogP contribution is -2.34. The zero-order chi connectivity index (χ0) is 17.7. The second-order valence-corrected chi connectivity index (χ2v) is 8.29. The predicted molar refractivity (Wildman–Crippen MR) is 96.7 cm³/mol. The van der Waals surface area contributed by atoms with E-state index in [2.05, 4.69) is 17.9 Å². The van der Waals surface area contributed by atoms with Crippen LogP contribution in [0.1, 0.15) is 53.9 Å². The van der Waals surface area contributed by atoms with Gasteiger partial charge in [0, 0.05) is 23.8 Å². The Morgan fingerprint density at radius 3 is 2.17 bits per heavy atom. The average molecular weight is 367 g/mol. The lowest BCUT2D eigenvalue weighted by Gasteiger charge is -2.16. The number of hydroxylamine groups is 2. The topological polar surface area (TPSA) is 76.7 Å². The Balaban J connectivity index is 3.87. The first-order valence-electron chi connectivity index (χ1n) is 8.01. The Morgan fingerprint density at radius 2 is 1.61 bits per heavy atom. The molecule has 0 spiro atoms. The largest absolute Gasteiger partial charge is 0.273 e. The third-order valence-corrected chi connectivity index (χ3v) is 5.06.